The Hall–Kier alpha value is -0.890. The van der Waals surface area contributed by atoms with Gasteiger partial charge in [0.1, 0.15) is 5.60 Å². The van der Waals surface area contributed by atoms with Crippen molar-refractivity contribution in [3.8, 4) is 0 Å². The molecule has 0 aliphatic carbocycles. The summed E-state index contributed by atoms with van der Waals surface area (Å²) in [6.45, 7) is 9.15. The lowest BCUT2D eigenvalue weighted by molar-refractivity contribution is -0.0674. The highest BCUT2D eigenvalue weighted by atomic mass is 16.5. The van der Waals surface area contributed by atoms with E-state index >= 15 is 0 Å². The van der Waals surface area contributed by atoms with Crippen LogP contribution in [0.4, 0.5) is 0 Å². The normalized spacial score (nSPS) is 15.5. The van der Waals surface area contributed by atoms with Gasteiger partial charge in [-0.1, -0.05) is 19.9 Å². The molecule has 2 heteroatoms. The average Bonchev–Trinajstić information content (AvgIpc) is 2.19. The van der Waals surface area contributed by atoms with E-state index in [2.05, 4.69) is 25.8 Å². The third-order valence-corrected chi connectivity index (χ3v) is 2.72. The van der Waals surface area contributed by atoms with Crippen molar-refractivity contribution in [1.29, 1.82) is 0 Å². The lowest BCUT2D eigenvalue weighted by Gasteiger charge is -2.32. The van der Waals surface area contributed by atoms with Crippen molar-refractivity contribution >= 4 is 0 Å². The first-order valence-corrected chi connectivity index (χ1v) is 5.16. The van der Waals surface area contributed by atoms with E-state index in [1.54, 1.807) is 0 Å². The van der Waals surface area contributed by atoms with Gasteiger partial charge < -0.3 is 4.74 Å². The molecule has 2 nitrogen and oxygen atoms in total. The fourth-order valence-electron chi connectivity index (χ4n) is 1.49. The molecule has 0 spiro atoms. The summed E-state index contributed by atoms with van der Waals surface area (Å²) in [5.41, 5.74) is 0.743. The van der Waals surface area contributed by atoms with Crippen LogP contribution in [-0.2, 0) is 10.3 Å². The van der Waals surface area contributed by atoms with E-state index in [-0.39, 0.29) is 5.60 Å². The number of ether oxygens (including phenoxy) is 1. The minimum Gasteiger partial charge on any atom is -0.369 e. The van der Waals surface area contributed by atoms with Gasteiger partial charge in [0.05, 0.1) is 5.69 Å². The summed E-state index contributed by atoms with van der Waals surface area (Å²) in [6.07, 6.45) is 1.81. The maximum atomic E-state index is 5.81. The van der Waals surface area contributed by atoms with Crippen molar-refractivity contribution in [2.24, 2.45) is 5.92 Å². The Bertz CT molecular complexity index is 271. The molecule has 0 fully saturated rings. The van der Waals surface area contributed by atoms with Gasteiger partial charge in [-0.25, -0.2) is 0 Å². The van der Waals surface area contributed by atoms with Crippen molar-refractivity contribution in [1.82, 2.24) is 4.98 Å². The van der Waals surface area contributed by atoms with Gasteiger partial charge in [-0.15, -0.1) is 0 Å². The maximum Gasteiger partial charge on any atom is 0.109 e. The third-order valence-electron chi connectivity index (χ3n) is 2.72. The molecule has 0 radical (unpaired) electrons. The molecule has 0 aromatic carbocycles. The highest BCUT2D eigenvalue weighted by Crippen LogP contribution is 2.31. The van der Waals surface area contributed by atoms with Crippen LogP contribution in [0.2, 0.25) is 0 Å². The van der Waals surface area contributed by atoms with Crippen LogP contribution < -0.4 is 0 Å². The van der Waals surface area contributed by atoms with E-state index in [9.17, 15) is 0 Å². The standard InChI is InChI=1S/C12H19NO/c1-5-14-12(4,10(2)3)11-8-6-7-9-13-11/h6-10H,5H2,1-4H3. The Morgan fingerprint density at radius 2 is 2.14 bits per heavy atom. The molecule has 1 heterocycles. The second-order valence-electron chi connectivity index (χ2n) is 3.91. The largest absolute Gasteiger partial charge is 0.369 e. The van der Waals surface area contributed by atoms with Crippen molar-refractivity contribution in [2.45, 2.75) is 33.3 Å². The molecule has 1 atom stereocenters. The lowest BCUT2D eigenvalue weighted by atomic mass is 9.88. The fourth-order valence-corrected chi connectivity index (χ4v) is 1.49. The molecule has 0 bridgehead atoms. The van der Waals surface area contributed by atoms with E-state index < -0.39 is 0 Å². The minimum atomic E-state index is -0.268. The third kappa shape index (κ3) is 2.13. The zero-order chi connectivity index (χ0) is 10.6. The molecule has 14 heavy (non-hydrogen) atoms. The smallest absolute Gasteiger partial charge is 0.109 e. The Balaban J connectivity index is 2.99. The van der Waals surface area contributed by atoms with E-state index in [0.717, 1.165) is 5.69 Å². The molecule has 0 amide bonds. The summed E-state index contributed by atoms with van der Waals surface area (Å²) in [7, 11) is 0. The molecule has 78 valence electrons. The fraction of sp³-hybridized carbons (Fsp3) is 0.583. The van der Waals surface area contributed by atoms with Crippen LogP contribution in [0.15, 0.2) is 24.4 Å². The van der Waals surface area contributed by atoms with Crippen LogP contribution in [0.5, 0.6) is 0 Å². The molecule has 1 unspecified atom stereocenters. The first kappa shape index (κ1) is 11.2. The van der Waals surface area contributed by atoms with Gasteiger partial charge in [-0.2, -0.15) is 0 Å². The average molecular weight is 193 g/mol. The number of aromatic nitrogens is 1. The summed E-state index contributed by atoms with van der Waals surface area (Å²) in [4.78, 5) is 4.37. The van der Waals surface area contributed by atoms with Crippen LogP contribution >= 0.6 is 0 Å². The summed E-state index contributed by atoms with van der Waals surface area (Å²) in [6, 6.07) is 5.95. The molecular formula is C12H19NO. The van der Waals surface area contributed by atoms with Gasteiger partial charge in [0.25, 0.3) is 0 Å². The molecule has 1 aromatic rings. The Kier molecular flexibility index (Phi) is 3.64. The first-order chi connectivity index (χ1) is 6.61. The Labute approximate surface area is 86.3 Å². The van der Waals surface area contributed by atoms with Crippen molar-refractivity contribution in [2.75, 3.05) is 6.61 Å². The monoisotopic (exact) mass is 193 g/mol. The number of pyridine rings is 1. The SMILES string of the molecule is CCOC(C)(c1ccccn1)C(C)C. The molecule has 1 rings (SSSR count). The number of hydrogen-bond donors (Lipinski definition) is 0. The van der Waals surface area contributed by atoms with Gasteiger partial charge in [-0.05, 0) is 31.9 Å². The van der Waals surface area contributed by atoms with Gasteiger partial charge in [0.2, 0.25) is 0 Å². The van der Waals surface area contributed by atoms with Crippen LogP contribution in [-0.4, -0.2) is 11.6 Å². The minimum absolute atomic E-state index is 0.268. The van der Waals surface area contributed by atoms with E-state index in [0.29, 0.717) is 12.5 Å². The number of rotatable bonds is 4. The number of hydrogen-bond acceptors (Lipinski definition) is 2. The van der Waals surface area contributed by atoms with Crippen LogP contribution in [0.1, 0.15) is 33.4 Å². The predicted octanol–water partition coefficient (Wildman–Crippen LogP) is 2.99. The van der Waals surface area contributed by atoms with Gasteiger partial charge in [-0.3, -0.25) is 4.98 Å². The summed E-state index contributed by atoms with van der Waals surface area (Å²) < 4.78 is 5.81. The predicted molar refractivity (Wildman–Crippen MR) is 58.1 cm³/mol. The quantitative estimate of drug-likeness (QED) is 0.733. The molecule has 0 aliphatic heterocycles. The summed E-state index contributed by atoms with van der Waals surface area (Å²) in [5.74, 6) is 0.414. The van der Waals surface area contributed by atoms with Crippen molar-refractivity contribution < 1.29 is 4.74 Å². The summed E-state index contributed by atoms with van der Waals surface area (Å²) >= 11 is 0. The van der Waals surface area contributed by atoms with E-state index in [1.807, 2.05) is 31.3 Å². The van der Waals surface area contributed by atoms with Gasteiger partial charge in [0, 0.05) is 12.8 Å². The molecule has 0 aliphatic rings. The second-order valence-corrected chi connectivity index (χ2v) is 3.91. The zero-order valence-electron chi connectivity index (χ0n) is 9.45. The first-order valence-electron chi connectivity index (χ1n) is 5.16. The van der Waals surface area contributed by atoms with Crippen molar-refractivity contribution in [3.05, 3.63) is 30.1 Å². The highest BCUT2D eigenvalue weighted by Gasteiger charge is 2.32. The second kappa shape index (κ2) is 4.56. The lowest BCUT2D eigenvalue weighted by Crippen LogP contribution is -2.33. The van der Waals surface area contributed by atoms with E-state index in [1.165, 1.54) is 0 Å². The highest BCUT2D eigenvalue weighted by molar-refractivity contribution is 5.13. The molecule has 1 aromatic heterocycles. The van der Waals surface area contributed by atoms with Gasteiger partial charge in [0.15, 0.2) is 0 Å². The zero-order valence-corrected chi connectivity index (χ0v) is 9.45. The number of nitrogens with zero attached hydrogens (tertiary/aromatic N) is 1. The molecule has 0 N–H and O–H groups in total. The van der Waals surface area contributed by atoms with Crippen LogP contribution in [0.25, 0.3) is 0 Å². The van der Waals surface area contributed by atoms with Gasteiger partial charge >= 0.3 is 0 Å². The topological polar surface area (TPSA) is 22.1 Å². The van der Waals surface area contributed by atoms with E-state index in [4.69, 9.17) is 4.74 Å². The Morgan fingerprint density at radius 3 is 2.57 bits per heavy atom. The molecule has 0 saturated heterocycles. The summed E-state index contributed by atoms with van der Waals surface area (Å²) in [5, 5.41) is 0. The molecule has 0 saturated carbocycles. The van der Waals surface area contributed by atoms with Crippen LogP contribution in [0, 0.1) is 5.92 Å². The van der Waals surface area contributed by atoms with Crippen molar-refractivity contribution in [3.63, 3.8) is 0 Å². The maximum absolute atomic E-state index is 5.81. The Morgan fingerprint density at radius 1 is 1.43 bits per heavy atom. The van der Waals surface area contributed by atoms with Crippen LogP contribution in [0.3, 0.4) is 0 Å². The molecular weight excluding hydrogens is 174 g/mol.